The zero-order valence-corrected chi connectivity index (χ0v) is 11.6. The summed E-state index contributed by atoms with van der Waals surface area (Å²) in [5, 5.41) is 4.06. The van der Waals surface area contributed by atoms with Gasteiger partial charge < -0.3 is 10.1 Å². The number of ether oxygens (including phenoxy) is 1. The van der Waals surface area contributed by atoms with E-state index in [9.17, 15) is 0 Å². The molecule has 0 aromatic heterocycles. The molecule has 0 spiro atoms. The van der Waals surface area contributed by atoms with Gasteiger partial charge >= 0.3 is 0 Å². The molecule has 2 unspecified atom stereocenters. The van der Waals surface area contributed by atoms with Gasteiger partial charge in [-0.25, -0.2) is 10.8 Å². The van der Waals surface area contributed by atoms with Gasteiger partial charge in [-0.2, -0.15) is 11.8 Å². The number of thioether (sulfide) groups is 1. The normalized spacial score (nSPS) is 25.7. The summed E-state index contributed by atoms with van der Waals surface area (Å²) < 4.78 is 4.96. The molecule has 0 amide bonds. The number of aliphatic imine (C=N–C) groups is 1. The van der Waals surface area contributed by atoms with E-state index in [1.54, 1.807) is 7.11 Å². The lowest BCUT2D eigenvalue weighted by molar-refractivity contribution is 0.207. The van der Waals surface area contributed by atoms with Crippen LogP contribution in [0.4, 0.5) is 0 Å². The maximum absolute atomic E-state index is 5.47. The molecule has 0 aliphatic heterocycles. The summed E-state index contributed by atoms with van der Waals surface area (Å²) in [5.74, 6) is 6.14. The van der Waals surface area contributed by atoms with Crippen molar-refractivity contribution in [2.24, 2.45) is 10.8 Å². The lowest BCUT2D eigenvalue weighted by Crippen LogP contribution is -2.51. The maximum Gasteiger partial charge on any atom is 0.206 e. The van der Waals surface area contributed by atoms with Crippen LogP contribution < -0.4 is 16.6 Å². The highest BCUT2D eigenvalue weighted by Gasteiger charge is 2.24. The second kappa shape index (κ2) is 8.60. The van der Waals surface area contributed by atoms with E-state index >= 15 is 0 Å². The molecule has 1 rings (SSSR count). The SMILES string of the molecule is COCCN=C(NN)NC1CCCCC1SC. The number of hydrogen-bond acceptors (Lipinski definition) is 4. The highest BCUT2D eigenvalue weighted by atomic mass is 32.2. The van der Waals surface area contributed by atoms with Crippen molar-refractivity contribution in [2.45, 2.75) is 37.0 Å². The molecule has 1 saturated carbocycles. The molecule has 0 heterocycles. The second-order valence-electron chi connectivity index (χ2n) is 4.18. The molecule has 5 nitrogen and oxygen atoms in total. The summed E-state index contributed by atoms with van der Waals surface area (Å²) in [6, 6.07) is 0.469. The van der Waals surface area contributed by atoms with Crippen LogP contribution in [0.5, 0.6) is 0 Å². The highest BCUT2D eigenvalue weighted by molar-refractivity contribution is 7.99. The van der Waals surface area contributed by atoms with Crippen molar-refractivity contribution in [2.75, 3.05) is 26.5 Å². The Hall–Kier alpha value is -0.460. The van der Waals surface area contributed by atoms with Crippen LogP contribution in [-0.2, 0) is 4.74 Å². The largest absolute Gasteiger partial charge is 0.383 e. The van der Waals surface area contributed by atoms with Gasteiger partial charge in [0, 0.05) is 18.4 Å². The van der Waals surface area contributed by atoms with E-state index in [1.165, 1.54) is 25.7 Å². The summed E-state index contributed by atoms with van der Waals surface area (Å²) in [6.45, 7) is 1.24. The molecule has 0 bridgehead atoms. The molecule has 0 radical (unpaired) electrons. The predicted molar refractivity (Wildman–Crippen MR) is 74.2 cm³/mol. The van der Waals surface area contributed by atoms with Gasteiger partial charge in [0.25, 0.3) is 0 Å². The van der Waals surface area contributed by atoms with Gasteiger partial charge in [0.1, 0.15) is 0 Å². The fourth-order valence-electron chi connectivity index (χ4n) is 2.10. The Balaban J connectivity index is 2.44. The molecule has 6 heteroatoms. The van der Waals surface area contributed by atoms with E-state index in [0.29, 0.717) is 30.4 Å². The van der Waals surface area contributed by atoms with Crippen LogP contribution in [-0.4, -0.2) is 43.8 Å². The lowest BCUT2D eigenvalue weighted by atomic mass is 9.95. The van der Waals surface area contributed by atoms with Crippen molar-refractivity contribution in [1.82, 2.24) is 10.7 Å². The van der Waals surface area contributed by atoms with Crippen LogP contribution in [0.3, 0.4) is 0 Å². The Kier molecular flexibility index (Phi) is 7.39. The number of rotatable bonds is 5. The Morgan fingerprint density at radius 2 is 2.24 bits per heavy atom. The van der Waals surface area contributed by atoms with Gasteiger partial charge in [-0.05, 0) is 19.1 Å². The lowest BCUT2D eigenvalue weighted by Gasteiger charge is -2.31. The van der Waals surface area contributed by atoms with Crippen LogP contribution in [0.2, 0.25) is 0 Å². The number of nitrogens with one attached hydrogen (secondary N) is 2. The summed E-state index contributed by atoms with van der Waals surface area (Å²) in [7, 11) is 1.67. The van der Waals surface area contributed by atoms with Crippen LogP contribution in [0, 0.1) is 0 Å². The van der Waals surface area contributed by atoms with Gasteiger partial charge in [-0.15, -0.1) is 0 Å². The Morgan fingerprint density at radius 1 is 1.47 bits per heavy atom. The smallest absolute Gasteiger partial charge is 0.206 e. The molecule has 1 aliphatic rings. The average Bonchev–Trinajstić information content (AvgIpc) is 2.38. The van der Waals surface area contributed by atoms with Crippen molar-refractivity contribution >= 4 is 17.7 Å². The first kappa shape index (κ1) is 14.6. The molecular weight excluding hydrogens is 236 g/mol. The van der Waals surface area contributed by atoms with Crippen molar-refractivity contribution in [1.29, 1.82) is 0 Å². The number of guanidine groups is 1. The van der Waals surface area contributed by atoms with Crippen LogP contribution >= 0.6 is 11.8 Å². The first-order valence-electron chi connectivity index (χ1n) is 6.11. The minimum absolute atomic E-state index is 0.469. The quantitative estimate of drug-likeness (QED) is 0.223. The van der Waals surface area contributed by atoms with Crippen LogP contribution in [0.15, 0.2) is 4.99 Å². The maximum atomic E-state index is 5.47. The van der Waals surface area contributed by atoms with E-state index in [1.807, 2.05) is 11.8 Å². The van der Waals surface area contributed by atoms with E-state index in [-0.39, 0.29) is 0 Å². The van der Waals surface area contributed by atoms with Crippen molar-refractivity contribution in [3.8, 4) is 0 Å². The minimum atomic E-state index is 0.469. The number of methoxy groups -OCH3 is 1. The average molecular weight is 260 g/mol. The topological polar surface area (TPSA) is 71.7 Å². The third-order valence-corrected chi connectivity index (χ3v) is 4.20. The fourth-order valence-corrected chi connectivity index (χ4v) is 3.04. The monoisotopic (exact) mass is 260 g/mol. The number of nitrogens with two attached hydrogens (primary N) is 1. The molecule has 0 aromatic rings. The molecule has 0 aromatic carbocycles. The second-order valence-corrected chi connectivity index (χ2v) is 5.25. The fraction of sp³-hybridized carbons (Fsp3) is 0.909. The van der Waals surface area contributed by atoms with E-state index in [2.05, 4.69) is 22.0 Å². The number of hydrazine groups is 1. The molecule has 17 heavy (non-hydrogen) atoms. The Bertz CT molecular complexity index is 238. The molecule has 1 aliphatic carbocycles. The first-order valence-corrected chi connectivity index (χ1v) is 7.40. The minimum Gasteiger partial charge on any atom is -0.383 e. The van der Waals surface area contributed by atoms with Gasteiger partial charge in [-0.1, -0.05) is 12.8 Å². The molecule has 4 N–H and O–H groups in total. The van der Waals surface area contributed by atoms with E-state index < -0.39 is 0 Å². The molecular formula is C11H24N4OS. The zero-order chi connectivity index (χ0) is 12.5. The molecule has 0 saturated heterocycles. The first-order chi connectivity index (χ1) is 8.31. The standard InChI is InChI=1S/C11H24N4OS/c1-16-8-7-13-11(15-12)14-9-5-3-4-6-10(9)17-2/h9-10H,3-8,12H2,1-2H3,(H2,13,14,15). The Morgan fingerprint density at radius 3 is 2.88 bits per heavy atom. The van der Waals surface area contributed by atoms with Crippen molar-refractivity contribution in [3.05, 3.63) is 0 Å². The number of nitrogens with zero attached hydrogens (tertiary/aromatic N) is 1. The zero-order valence-electron chi connectivity index (χ0n) is 10.7. The molecule has 2 atom stereocenters. The van der Waals surface area contributed by atoms with Gasteiger partial charge in [-0.3, -0.25) is 5.43 Å². The Labute approximate surface area is 108 Å². The van der Waals surface area contributed by atoms with Crippen LogP contribution in [0.1, 0.15) is 25.7 Å². The molecule has 1 fully saturated rings. The summed E-state index contributed by atoms with van der Waals surface area (Å²) in [4.78, 5) is 4.33. The summed E-state index contributed by atoms with van der Waals surface area (Å²) in [5.41, 5.74) is 2.63. The predicted octanol–water partition coefficient (Wildman–Crippen LogP) is 0.716. The third kappa shape index (κ3) is 5.14. The molecule has 100 valence electrons. The summed E-state index contributed by atoms with van der Waals surface area (Å²) >= 11 is 1.92. The van der Waals surface area contributed by atoms with Crippen molar-refractivity contribution in [3.63, 3.8) is 0 Å². The van der Waals surface area contributed by atoms with E-state index in [0.717, 1.165) is 0 Å². The van der Waals surface area contributed by atoms with E-state index in [4.69, 9.17) is 10.6 Å². The van der Waals surface area contributed by atoms with Crippen LogP contribution in [0.25, 0.3) is 0 Å². The van der Waals surface area contributed by atoms with Crippen molar-refractivity contribution < 1.29 is 4.74 Å². The van der Waals surface area contributed by atoms with Gasteiger partial charge in [0.15, 0.2) is 0 Å². The van der Waals surface area contributed by atoms with Gasteiger partial charge in [0.2, 0.25) is 5.96 Å². The number of hydrogen-bond donors (Lipinski definition) is 3. The van der Waals surface area contributed by atoms with Gasteiger partial charge in [0.05, 0.1) is 13.2 Å². The summed E-state index contributed by atoms with van der Waals surface area (Å²) in [6.07, 6.45) is 7.24. The highest BCUT2D eigenvalue weighted by Crippen LogP contribution is 2.26. The third-order valence-electron chi connectivity index (χ3n) is 3.03.